The van der Waals surface area contributed by atoms with Gasteiger partial charge in [-0.1, -0.05) is 19.4 Å². The van der Waals surface area contributed by atoms with Gasteiger partial charge in [0.25, 0.3) is 0 Å². The normalized spacial score (nSPS) is 10.6. The van der Waals surface area contributed by atoms with Crippen LogP contribution in [-0.2, 0) is 6.54 Å². The Bertz CT molecular complexity index is 827. The van der Waals surface area contributed by atoms with E-state index < -0.39 is 0 Å². The standard InChI is InChI=1S/C19H22N4O2/c1-2-3-12-25-17-9-7-16(8-10-17)22-19(24)20-13-15-14-21-23-11-5-4-6-18(15)23/h4-11,14H,2-3,12-13H2,1H3,(H2,20,22,24). The van der Waals surface area contributed by atoms with Crippen LogP contribution in [0, 0.1) is 0 Å². The Morgan fingerprint density at radius 2 is 2.04 bits per heavy atom. The van der Waals surface area contributed by atoms with Crippen LogP contribution in [0.3, 0.4) is 0 Å². The van der Waals surface area contributed by atoms with E-state index in [2.05, 4.69) is 22.7 Å². The Morgan fingerprint density at radius 1 is 1.20 bits per heavy atom. The molecule has 6 nitrogen and oxygen atoms in total. The van der Waals surface area contributed by atoms with Crippen LogP contribution in [0.15, 0.2) is 54.9 Å². The van der Waals surface area contributed by atoms with Gasteiger partial charge in [-0.15, -0.1) is 0 Å². The lowest BCUT2D eigenvalue weighted by Crippen LogP contribution is -2.28. The number of unbranched alkanes of at least 4 members (excludes halogenated alkanes) is 1. The van der Waals surface area contributed by atoms with Crippen LogP contribution in [-0.4, -0.2) is 22.3 Å². The third-order valence-electron chi connectivity index (χ3n) is 3.82. The molecule has 25 heavy (non-hydrogen) atoms. The maximum atomic E-state index is 12.1. The number of anilines is 1. The number of benzene rings is 1. The summed E-state index contributed by atoms with van der Waals surface area (Å²) in [5, 5.41) is 9.91. The molecule has 0 saturated carbocycles. The summed E-state index contributed by atoms with van der Waals surface area (Å²) in [6.45, 7) is 3.25. The molecule has 0 spiro atoms. The minimum Gasteiger partial charge on any atom is -0.494 e. The zero-order valence-electron chi connectivity index (χ0n) is 14.2. The molecular formula is C19H22N4O2. The highest BCUT2D eigenvalue weighted by molar-refractivity contribution is 5.89. The molecule has 3 aromatic rings. The Labute approximate surface area is 146 Å². The lowest BCUT2D eigenvalue weighted by molar-refractivity contribution is 0.252. The van der Waals surface area contributed by atoms with Crippen LogP contribution in [0.1, 0.15) is 25.3 Å². The predicted octanol–water partition coefficient (Wildman–Crippen LogP) is 3.83. The first kappa shape index (κ1) is 16.8. The van der Waals surface area contributed by atoms with Gasteiger partial charge in [0.2, 0.25) is 0 Å². The van der Waals surface area contributed by atoms with Crippen molar-refractivity contribution in [3.63, 3.8) is 0 Å². The third-order valence-corrected chi connectivity index (χ3v) is 3.82. The number of hydrogen-bond acceptors (Lipinski definition) is 3. The first-order valence-electron chi connectivity index (χ1n) is 8.45. The maximum absolute atomic E-state index is 12.1. The molecule has 3 rings (SSSR count). The minimum atomic E-state index is -0.255. The van der Waals surface area contributed by atoms with E-state index in [9.17, 15) is 4.79 Å². The van der Waals surface area contributed by atoms with Gasteiger partial charge in [-0.3, -0.25) is 0 Å². The van der Waals surface area contributed by atoms with Gasteiger partial charge in [-0.25, -0.2) is 9.31 Å². The molecule has 0 bridgehead atoms. The van der Waals surface area contributed by atoms with Gasteiger partial charge < -0.3 is 15.4 Å². The molecule has 2 N–H and O–H groups in total. The predicted molar refractivity (Wildman–Crippen MR) is 97.9 cm³/mol. The van der Waals surface area contributed by atoms with Gasteiger partial charge in [-0.05, 0) is 42.8 Å². The number of carbonyl (C=O) groups excluding carboxylic acids is 1. The van der Waals surface area contributed by atoms with Gasteiger partial charge in [0.1, 0.15) is 5.75 Å². The highest BCUT2D eigenvalue weighted by atomic mass is 16.5. The van der Waals surface area contributed by atoms with Crippen LogP contribution in [0.4, 0.5) is 10.5 Å². The molecule has 130 valence electrons. The van der Waals surface area contributed by atoms with Crippen LogP contribution in [0.5, 0.6) is 5.75 Å². The minimum absolute atomic E-state index is 0.255. The molecule has 0 aliphatic heterocycles. The van der Waals surface area contributed by atoms with Crippen molar-refractivity contribution in [2.75, 3.05) is 11.9 Å². The summed E-state index contributed by atoms with van der Waals surface area (Å²) in [5.41, 5.74) is 2.67. The Hall–Kier alpha value is -3.02. The van der Waals surface area contributed by atoms with Crippen molar-refractivity contribution in [1.29, 1.82) is 0 Å². The van der Waals surface area contributed by atoms with Crippen LogP contribution < -0.4 is 15.4 Å². The number of hydrogen-bond donors (Lipinski definition) is 2. The average Bonchev–Trinajstić information content (AvgIpc) is 3.05. The summed E-state index contributed by atoms with van der Waals surface area (Å²) >= 11 is 0. The van der Waals surface area contributed by atoms with E-state index in [0.717, 1.165) is 35.4 Å². The smallest absolute Gasteiger partial charge is 0.319 e. The van der Waals surface area contributed by atoms with Crippen molar-refractivity contribution in [1.82, 2.24) is 14.9 Å². The van der Waals surface area contributed by atoms with Crippen molar-refractivity contribution in [2.24, 2.45) is 0 Å². The van der Waals surface area contributed by atoms with Gasteiger partial charge in [0, 0.05) is 24.0 Å². The van der Waals surface area contributed by atoms with E-state index in [0.29, 0.717) is 13.2 Å². The second-order valence-electron chi connectivity index (χ2n) is 5.73. The average molecular weight is 338 g/mol. The molecule has 0 radical (unpaired) electrons. The van der Waals surface area contributed by atoms with Gasteiger partial charge >= 0.3 is 6.03 Å². The number of aromatic nitrogens is 2. The molecule has 0 atom stereocenters. The first-order chi connectivity index (χ1) is 12.3. The van der Waals surface area contributed by atoms with E-state index in [1.54, 1.807) is 10.7 Å². The number of rotatable bonds is 7. The number of amides is 2. The molecule has 6 heteroatoms. The quantitative estimate of drug-likeness (QED) is 0.643. The largest absolute Gasteiger partial charge is 0.494 e. The van der Waals surface area contributed by atoms with Crippen LogP contribution in [0.2, 0.25) is 0 Å². The Morgan fingerprint density at radius 3 is 2.84 bits per heavy atom. The fourth-order valence-electron chi connectivity index (χ4n) is 2.44. The van der Waals surface area contributed by atoms with E-state index in [1.165, 1.54) is 0 Å². The summed E-state index contributed by atoms with van der Waals surface area (Å²) in [5.74, 6) is 0.811. The second kappa shape index (κ2) is 8.19. The molecule has 1 aromatic carbocycles. The molecule has 0 saturated heterocycles. The van der Waals surface area contributed by atoms with Gasteiger partial charge in [0.15, 0.2) is 0 Å². The molecule has 0 aliphatic rings. The number of urea groups is 1. The monoisotopic (exact) mass is 338 g/mol. The molecular weight excluding hydrogens is 316 g/mol. The molecule has 0 aliphatic carbocycles. The third kappa shape index (κ3) is 4.50. The number of nitrogens with zero attached hydrogens (tertiary/aromatic N) is 2. The summed E-state index contributed by atoms with van der Waals surface area (Å²) in [6.07, 6.45) is 5.78. The van der Waals surface area contributed by atoms with Crippen LogP contribution in [0.25, 0.3) is 5.52 Å². The van der Waals surface area contributed by atoms with E-state index in [-0.39, 0.29) is 6.03 Å². The van der Waals surface area contributed by atoms with Crippen molar-refractivity contribution < 1.29 is 9.53 Å². The molecule has 0 fully saturated rings. The highest BCUT2D eigenvalue weighted by Gasteiger charge is 2.06. The van der Waals surface area contributed by atoms with Gasteiger partial charge in [0.05, 0.1) is 18.3 Å². The highest BCUT2D eigenvalue weighted by Crippen LogP contribution is 2.16. The Balaban J connectivity index is 1.50. The molecule has 2 heterocycles. The molecule has 0 unspecified atom stereocenters. The second-order valence-corrected chi connectivity index (χ2v) is 5.73. The summed E-state index contributed by atoms with van der Waals surface area (Å²) in [7, 11) is 0. The topological polar surface area (TPSA) is 67.7 Å². The Kier molecular flexibility index (Phi) is 5.51. The van der Waals surface area contributed by atoms with E-state index in [4.69, 9.17) is 4.74 Å². The summed E-state index contributed by atoms with van der Waals surface area (Å²) in [4.78, 5) is 12.1. The van der Waals surface area contributed by atoms with Crippen molar-refractivity contribution in [3.8, 4) is 5.75 Å². The van der Waals surface area contributed by atoms with E-state index in [1.807, 2.05) is 48.7 Å². The first-order valence-corrected chi connectivity index (χ1v) is 8.45. The number of carbonyl (C=O) groups is 1. The fraction of sp³-hybridized carbons (Fsp3) is 0.263. The summed E-state index contributed by atoms with van der Waals surface area (Å²) in [6, 6.07) is 13.0. The number of fused-ring (bicyclic) bond motifs is 1. The lowest BCUT2D eigenvalue weighted by Gasteiger charge is -2.09. The molecule has 2 amide bonds. The number of ether oxygens (including phenoxy) is 1. The zero-order chi connectivity index (χ0) is 17.5. The van der Waals surface area contributed by atoms with Crippen molar-refractivity contribution in [3.05, 3.63) is 60.4 Å². The summed E-state index contributed by atoms with van der Waals surface area (Å²) < 4.78 is 7.39. The number of nitrogens with one attached hydrogen (secondary N) is 2. The van der Waals surface area contributed by atoms with Crippen molar-refractivity contribution >= 4 is 17.2 Å². The fourth-order valence-corrected chi connectivity index (χ4v) is 2.44. The van der Waals surface area contributed by atoms with E-state index >= 15 is 0 Å². The zero-order valence-corrected chi connectivity index (χ0v) is 14.2. The van der Waals surface area contributed by atoms with Gasteiger partial charge in [-0.2, -0.15) is 5.10 Å². The maximum Gasteiger partial charge on any atom is 0.319 e. The SMILES string of the molecule is CCCCOc1ccc(NC(=O)NCc2cnn3ccccc23)cc1. The van der Waals surface area contributed by atoms with Crippen LogP contribution >= 0.6 is 0 Å². The van der Waals surface area contributed by atoms with Crippen molar-refractivity contribution in [2.45, 2.75) is 26.3 Å². The lowest BCUT2D eigenvalue weighted by atomic mass is 10.2. The number of pyridine rings is 1. The molecule has 2 aromatic heterocycles.